The Morgan fingerprint density at radius 2 is 2.22 bits per heavy atom. The maximum atomic E-state index is 11.1. The van der Waals surface area contributed by atoms with Crippen LogP contribution < -0.4 is 0 Å². The molecule has 0 spiro atoms. The topological polar surface area (TPSA) is 92.1 Å². The Morgan fingerprint density at radius 3 is 2.93 bits per heavy atom. The molecule has 1 unspecified atom stereocenters. The first-order valence-corrected chi connectivity index (χ1v) is 10.1. The number of rotatable bonds is 5. The normalized spacial score (nSPS) is 17.2. The maximum absolute atomic E-state index is 11.1. The van der Waals surface area contributed by atoms with Crippen LogP contribution >= 0.6 is 22.3 Å². The third kappa shape index (κ3) is 2.97. The Balaban J connectivity index is 1.70. The second kappa shape index (κ2) is 6.91. The van der Waals surface area contributed by atoms with Gasteiger partial charge in [0.05, 0.1) is 30.6 Å². The molecule has 3 aromatic rings. The fourth-order valence-electron chi connectivity index (χ4n) is 3.35. The molecule has 1 aliphatic heterocycles. The van der Waals surface area contributed by atoms with Gasteiger partial charge in [-0.25, -0.2) is 18.6 Å². The molecule has 1 fully saturated rings. The molecule has 0 N–H and O–H groups in total. The molecule has 4 rings (SSSR count). The van der Waals surface area contributed by atoms with E-state index >= 15 is 0 Å². The molecule has 27 heavy (non-hydrogen) atoms. The summed E-state index contributed by atoms with van der Waals surface area (Å²) in [5, 5.41) is 20.6. The van der Waals surface area contributed by atoms with E-state index in [1.165, 1.54) is 0 Å². The molecule has 1 saturated heterocycles. The van der Waals surface area contributed by atoms with E-state index in [0.29, 0.717) is 30.3 Å². The molecule has 0 aliphatic carbocycles. The van der Waals surface area contributed by atoms with E-state index in [9.17, 15) is 10.1 Å². The standard InChI is InChI=1S/C17H16ClN7OS/c1-2-27(12-26)23-10-17(11-23,4-5-19)24-9-13(8-21-24)14-7-15(18)22-16-3-6-20-25(14)16/h3,6-9H,2,4,10-11H2,1H3. The molecular formula is C17H16ClN7OS. The van der Waals surface area contributed by atoms with Crippen LogP contribution in [-0.4, -0.2) is 52.8 Å². The summed E-state index contributed by atoms with van der Waals surface area (Å²) in [4.78, 5) is 15.4. The zero-order valence-corrected chi connectivity index (χ0v) is 16.1. The van der Waals surface area contributed by atoms with E-state index < -0.39 is 16.2 Å². The minimum absolute atomic E-state index is 0.318. The van der Waals surface area contributed by atoms with Gasteiger partial charge < -0.3 is 0 Å². The molecule has 1 aliphatic rings. The van der Waals surface area contributed by atoms with Crippen LogP contribution in [0.4, 0.5) is 0 Å². The molecule has 1 atom stereocenters. The van der Waals surface area contributed by atoms with E-state index in [2.05, 4.69) is 30.8 Å². The molecule has 0 amide bonds. The predicted octanol–water partition coefficient (Wildman–Crippen LogP) is 2.44. The van der Waals surface area contributed by atoms with Gasteiger partial charge in [-0.3, -0.25) is 4.68 Å². The Kier molecular flexibility index (Phi) is 4.58. The van der Waals surface area contributed by atoms with E-state index in [1.54, 1.807) is 29.0 Å². The smallest absolute Gasteiger partial charge is 0.170 e. The summed E-state index contributed by atoms with van der Waals surface area (Å²) in [5.74, 6) is 0.725. The lowest BCUT2D eigenvalue weighted by atomic mass is 9.89. The molecule has 3 aromatic heterocycles. The van der Waals surface area contributed by atoms with Gasteiger partial charge in [-0.05, 0) is 10.7 Å². The van der Waals surface area contributed by atoms with Crippen molar-refractivity contribution in [2.45, 2.75) is 18.9 Å². The first-order chi connectivity index (χ1) is 13.1. The minimum atomic E-state index is -0.528. The molecule has 138 valence electrons. The number of nitrogens with zero attached hydrogens (tertiary/aromatic N) is 7. The zero-order valence-electron chi connectivity index (χ0n) is 14.5. The molecule has 8 nitrogen and oxygen atoms in total. The van der Waals surface area contributed by atoms with Crippen molar-refractivity contribution in [1.82, 2.24) is 28.7 Å². The van der Waals surface area contributed by atoms with Crippen molar-refractivity contribution in [3.63, 3.8) is 0 Å². The average Bonchev–Trinajstić information content (AvgIpc) is 3.29. The summed E-state index contributed by atoms with van der Waals surface area (Å²) in [6.45, 7) is 3.16. The second-order valence-electron chi connectivity index (χ2n) is 6.33. The predicted molar refractivity (Wildman–Crippen MR) is 103 cm³/mol. The average molecular weight is 402 g/mol. The summed E-state index contributed by atoms with van der Waals surface area (Å²) in [6.07, 6.45) is 5.62. The van der Waals surface area contributed by atoms with Crippen molar-refractivity contribution in [3.05, 3.63) is 35.9 Å². The van der Waals surface area contributed by atoms with E-state index in [4.69, 9.17) is 11.6 Å². The largest absolute Gasteiger partial charge is 0.262 e. The number of fused-ring (bicyclic) bond motifs is 1. The van der Waals surface area contributed by atoms with Gasteiger partial charge in [0.2, 0.25) is 0 Å². The van der Waals surface area contributed by atoms with Gasteiger partial charge in [0, 0.05) is 42.7 Å². The Labute approximate surface area is 163 Å². The number of halogens is 1. The van der Waals surface area contributed by atoms with Gasteiger partial charge in [-0.15, -0.1) is 0 Å². The lowest BCUT2D eigenvalue weighted by Gasteiger charge is -2.48. The highest BCUT2D eigenvalue weighted by Gasteiger charge is 2.46. The van der Waals surface area contributed by atoms with Crippen LogP contribution in [0.1, 0.15) is 13.3 Å². The van der Waals surface area contributed by atoms with Crippen molar-refractivity contribution >= 4 is 33.2 Å². The van der Waals surface area contributed by atoms with Crippen LogP contribution in [0.3, 0.4) is 0 Å². The Hall–Kier alpha value is -2.50. The first kappa shape index (κ1) is 17.9. The zero-order chi connectivity index (χ0) is 19.0. The Morgan fingerprint density at radius 1 is 1.41 bits per heavy atom. The molecule has 0 aromatic carbocycles. The Bertz CT molecular complexity index is 1100. The molecular weight excluding hydrogens is 386 g/mol. The third-order valence-electron chi connectivity index (χ3n) is 4.72. The van der Waals surface area contributed by atoms with Gasteiger partial charge in [0.15, 0.2) is 10.9 Å². The summed E-state index contributed by atoms with van der Waals surface area (Å²) in [5.41, 5.74) is 1.82. The van der Waals surface area contributed by atoms with Crippen molar-refractivity contribution in [3.8, 4) is 17.3 Å². The van der Waals surface area contributed by atoms with Gasteiger partial charge in [0.1, 0.15) is 10.7 Å². The highest BCUT2D eigenvalue weighted by Crippen LogP contribution is 2.39. The SMILES string of the molecule is CCS(=C=O)N1CC(CC#N)(n2cc(-c3cc(Cl)nc4ccnn34)cn2)C1. The van der Waals surface area contributed by atoms with Crippen molar-refractivity contribution < 1.29 is 4.79 Å². The van der Waals surface area contributed by atoms with Crippen LogP contribution in [0.2, 0.25) is 5.15 Å². The molecule has 0 saturated carbocycles. The van der Waals surface area contributed by atoms with E-state index in [1.807, 2.05) is 17.8 Å². The van der Waals surface area contributed by atoms with Crippen molar-refractivity contribution in [2.75, 3.05) is 18.8 Å². The van der Waals surface area contributed by atoms with Gasteiger partial charge >= 0.3 is 0 Å². The van der Waals surface area contributed by atoms with Gasteiger partial charge in [0.25, 0.3) is 0 Å². The second-order valence-corrected chi connectivity index (χ2v) is 8.71. The third-order valence-corrected chi connectivity index (χ3v) is 6.54. The monoisotopic (exact) mass is 401 g/mol. The van der Waals surface area contributed by atoms with Crippen LogP contribution in [0.15, 0.2) is 30.7 Å². The fourth-order valence-corrected chi connectivity index (χ4v) is 4.92. The van der Waals surface area contributed by atoms with Crippen LogP contribution in [-0.2, 0) is 10.3 Å². The van der Waals surface area contributed by atoms with Crippen LogP contribution in [0.25, 0.3) is 16.9 Å². The summed E-state index contributed by atoms with van der Waals surface area (Å²) in [6, 6.07) is 5.78. The van der Waals surface area contributed by atoms with Gasteiger partial charge in [-0.2, -0.15) is 15.5 Å². The maximum Gasteiger partial charge on any atom is 0.170 e. The summed E-state index contributed by atoms with van der Waals surface area (Å²) >= 11 is 6.14. The van der Waals surface area contributed by atoms with Crippen LogP contribution in [0.5, 0.6) is 0 Å². The molecule has 0 bridgehead atoms. The first-order valence-electron chi connectivity index (χ1n) is 8.37. The quantitative estimate of drug-likeness (QED) is 0.481. The highest BCUT2D eigenvalue weighted by molar-refractivity contribution is 8.12. The van der Waals surface area contributed by atoms with Crippen LogP contribution in [0, 0.1) is 11.3 Å². The fraction of sp³-hybridized carbons (Fsp3) is 0.353. The number of nitriles is 1. The molecule has 4 heterocycles. The van der Waals surface area contributed by atoms with Crippen molar-refractivity contribution in [1.29, 1.82) is 5.26 Å². The number of hydrogen-bond acceptors (Lipinski definition) is 6. The lowest BCUT2D eigenvalue weighted by Crippen LogP contribution is -2.60. The number of carbonyl (C=O) groups excluding carboxylic acids is 1. The van der Waals surface area contributed by atoms with E-state index in [-0.39, 0.29) is 0 Å². The van der Waals surface area contributed by atoms with Gasteiger partial charge in [-0.1, -0.05) is 18.5 Å². The van der Waals surface area contributed by atoms with E-state index in [0.717, 1.165) is 17.0 Å². The molecule has 10 heteroatoms. The minimum Gasteiger partial charge on any atom is -0.262 e. The molecule has 0 radical (unpaired) electrons. The van der Waals surface area contributed by atoms with Crippen molar-refractivity contribution in [2.24, 2.45) is 0 Å². The number of hydrogen-bond donors (Lipinski definition) is 0. The lowest BCUT2D eigenvalue weighted by molar-refractivity contribution is 0.0807. The summed E-state index contributed by atoms with van der Waals surface area (Å²) < 4.78 is 5.58. The summed E-state index contributed by atoms with van der Waals surface area (Å²) in [7, 11) is -0.528. The highest BCUT2D eigenvalue weighted by atomic mass is 35.5. The number of aromatic nitrogens is 5.